The van der Waals surface area contributed by atoms with Crippen molar-refractivity contribution in [2.75, 3.05) is 52.0 Å². The second-order valence-corrected chi connectivity index (χ2v) is 7.47. The molecule has 2 amide bonds. The van der Waals surface area contributed by atoms with Gasteiger partial charge in [0, 0.05) is 32.2 Å². The maximum Gasteiger partial charge on any atom is 0.282 e. The molecular formula is C22H26N2O5S. The Kier molecular flexibility index (Phi) is 7.62. The fourth-order valence-corrected chi connectivity index (χ4v) is 4.09. The zero-order valence-electron chi connectivity index (χ0n) is 17.4. The van der Waals surface area contributed by atoms with Crippen LogP contribution in [0.2, 0.25) is 0 Å². The first kappa shape index (κ1) is 22.0. The normalized spacial score (nSPS) is 14.0. The summed E-state index contributed by atoms with van der Waals surface area (Å²) in [5, 5.41) is 1.89. The maximum atomic E-state index is 13.6. The van der Waals surface area contributed by atoms with Crippen molar-refractivity contribution < 1.29 is 23.8 Å². The van der Waals surface area contributed by atoms with Gasteiger partial charge in [0.05, 0.1) is 31.1 Å². The van der Waals surface area contributed by atoms with Crippen molar-refractivity contribution in [2.24, 2.45) is 0 Å². The molecule has 30 heavy (non-hydrogen) atoms. The second kappa shape index (κ2) is 10.4. The standard InChI is InChI=1S/C22H26N2O5S/c1-4-29-17-9-6-5-8-16(17)24-21(25)19(18-10-7-15-30-18)20(22(24)26)23(11-13-27-2)12-14-28-3/h5-10,15H,4,11-14H2,1-3H3. The highest BCUT2D eigenvalue weighted by molar-refractivity contribution is 7.11. The summed E-state index contributed by atoms with van der Waals surface area (Å²) in [5.74, 6) is -0.235. The first-order chi connectivity index (χ1) is 14.6. The number of hydrogen-bond donors (Lipinski definition) is 0. The predicted molar refractivity (Wildman–Crippen MR) is 117 cm³/mol. The lowest BCUT2D eigenvalue weighted by Gasteiger charge is -2.26. The van der Waals surface area contributed by atoms with E-state index in [0.717, 1.165) is 4.88 Å². The highest BCUT2D eigenvalue weighted by Crippen LogP contribution is 2.39. The van der Waals surface area contributed by atoms with Crippen LogP contribution in [0.25, 0.3) is 5.57 Å². The number of imide groups is 1. The SMILES string of the molecule is CCOc1ccccc1N1C(=O)C(c2cccs2)=C(N(CCOC)CCOC)C1=O. The molecular weight excluding hydrogens is 404 g/mol. The zero-order valence-corrected chi connectivity index (χ0v) is 18.2. The van der Waals surface area contributed by atoms with Gasteiger partial charge in [0.2, 0.25) is 0 Å². The third kappa shape index (κ3) is 4.40. The molecule has 0 unspecified atom stereocenters. The molecule has 0 spiro atoms. The summed E-state index contributed by atoms with van der Waals surface area (Å²) in [7, 11) is 3.21. The molecule has 1 aromatic carbocycles. The van der Waals surface area contributed by atoms with E-state index in [1.165, 1.54) is 16.2 Å². The Morgan fingerprint density at radius 1 is 0.967 bits per heavy atom. The Labute approximate surface area is 180 Å². The fraction of sp³-hybridized carbons (Fsp3) is 0.364. The number of para-hydroxylation sites is 2. The molecule has 0 N–H and O–H groups in total. The fourth-order valence-electron chi connectivity index (χ4n) is 3.33. The summed E-state index contributed by atoms with van der Waals surface area (Å²) in [5.41, 5.74) is 1.20. The number of nitrogens with zero attached hydrogens (tertiary/aromatic N) is 2. The van der Waals surface area contributed by atoms with Gasteiger partial charge in [0.15, 0.2) is 0 Å². The van der Waals surface area contributed by atoms with E-state index in [1.807, 2.05) is 35.4 Å². The lowest BCUT2D eigenvalue weighted by atomic mass is 10.1. The van der Waals surface area contributed by atoms with E-state index in [-0.39, 0.29) is 11.8 Å². The molecule has 2 heterocycles. The van der Waals surface area contributed by atoms with Crippen LogP contribution < -0.4 is 9.64 Å². The Hall–Kier alpha value is -2.68. The van der Waals surface area contributed by atoms with Gasteiger partial charge >= 0.3 is 0 Å². The maximum absolute atomic E-state index is 13.6. The van der Waals surface area contributed by atoms with E-state index in [0.29, 0.717) is 55.6 Å². The van der Waals surface area contributed by atoms with E-state index in [4.69, 9.17) is 14.2 Å². The van der Waals surface area contributed by atoms with Crippen molar-refractivity contribution in [1.82, 2.24) is 4.90 Å². The van der Waals surface area contributed by atoms with Crippen molar-refractivity contribution in [3.63, 3.8) is 0 Å². The average Bonchev–Trinajstić information content (AvgIpc) is 3.36. The summed E-state index contributed by atoms with van der Waals surface area (Å²) in [4.78, 5) is 31.0. The number of hydrogen-bond acceptors (Lipinski definition) is 7. The van der Waals surface area contributed by atoms with Crippen molar-refractivity contribution in [3.05, 3.63) is 52.4 Å². The van der Waals surface area contributed by atoms with Crippen LogP contribution in [0, 0.1) is 0 Å². The molecule has 0 atom stereocenters. The molecule has 3 rings (SSSR count). The van der Waals surface area contributed by atoms with Gasteiger partial charge in [-0.3, -0.25) is 9.59 Å². The number of anilines is 1. The van der Waals surface area contributed by atoms with Gasteiger partial charge < -0.3 is 19.1 Å². The quantitative estimate of drug-likeness (QED) is 0.511. The predicted octanol–water partition coefficient (Wildman–Crippen LogP) is 3.03. The van der Waals surface area contributed by atoms with Gasteiger partial charge in [-0.2, -0.15) is 0 Å². The summed E-state index contributed by atoms with van der Waals surface area (Å²) >= 11 is 1.43. The Morgan fingerprint density at radius 2 is 1.67 bits per heavy atom. The van der Waals surface area contributed by atoms with Crippen LogP contribution in [-0.4, -0.2) is 63.8 Å². The van der Waals surface area contributed by atoms with Gasteiger partial charge in [0.25, 0.3) is 11.8 Å². The number of ether oxygens (including phenoxy) is 3. The summed E-state index contributed by atoms with van der Waals surface area (Å²) in [6, 6.07) is 10.8. The lowest BCUT2D eigenvalue weighted by molar-refractivity contribution is -0.120. The monoisotopic (exact) mass is 430 g/mol. The van der Waals surface area contributed by atoms with Crippen LogP contribution >= 0.6 is 11.3 Å². The van der Waals surface area contributed by atoms with E-state index in [1.54, 1.807) is 32.4 Å². The van der Waals surface area contributed by atoms with Crippen LogP contribution in [0.4, 0.5) is 5.69 Å². The first-order valence-corrected chi connectivity index (χ1v) is 10.6. The molecule has 0 fully saturated rings. The number of rotatable bonds is 11. The highest BCUT2D eigenvalue weighted by Gasteiger charge is 2.43. The number of carbonyl (C=O) groups excluding carboxylic acids is 2. The molecule has 0 aliphatic carbocycles. The van der Waals surface area contributed by atoms with Gasteiger partial charge in [-0.05, 0) is 30.5 Å². The number of methoxy groups -OCH3 is 2. The largest absolute Gasteiger partial charge is 0.492 e. The lowest BCUT2D eigenvalue weighted by Crippen LogP contribution is -2.37. The molecule has 0 saturated carbocycles. The molecule has 0 bridgehead atoms. The Bertz CT molecular complexity index is 902. The zero-order chi connectivity index (χ0) is 21.5. The number of thiophene rings is 1. The molecule has 2 aromatic rings. The van der Waals surface area contributed by atoms with Crippen LogP contribution in [0.5, 0.6) is 5.75 Å². The van der Waals surface area contributed by atoms with Crippen molar-refractivity contribution in [2.45, 2.75) is 6.92 Å². The summed E-state index contributed by atoms with van der Waals surface area (Å²) in [6.45, 7) is 4.06. The van der Waals surface area contributed by atoms with Gasteiger partial charge in [-0.25, -0.2) is 4.90 Å². The number of carbonyl (C=O) groups is 2. The number of amides is 2. The van der Waals surface area contributed by atoms with Crippen molar-refractivity contribution >= 4 is 34.4 Å². The topological polar surface area (TPSA) is 68.3 Å². The Balaban J connectivity index is 2.09. The smallest absolute Gasteiger partial charge is 0.282 e. The minimum Gasteiger partial charge on any atom is -0.492 e. The van der Waals surface area contributed by atoms with E-state index in [2.05, 4.69) is 0 Å². The van der Waals surface area contributed by atoms with Crippen molar-refractivity contribution in [3.8, 4) is 5.75 Å². The van der Waals surface area contributed by atoms with E-state index in [9.17, 15) is 9.59 Å². The van der Waals surface area contributed by atoms with Crippen LogP contribution in [0.3, 0.4) is 0 Å². The molecule has 1 aliphatic heterocycles. The van der Waals surface area contributed by atoms with Crippen LogP contribution in [0.15, 0.2) is 47.5 Å². The highest BCUT2D eigenvalue weighted by atomic mass is 32.1. The van der Waals surface area contributed by atoms with Gasteiger partial charge in [-0.15, -0.1) is 11.3 Å². The molecule has 160 valence electrons. The molecule has 0 radical (unpaired) electrons. The first-order valence-electron chi connectivity index (χ1n) is 9.75. The molecule has 1 aromatic heterocycles. The third-order valence-electron chi connectivity index (χ3n) is 4.68. The molecule has 1 aliphatic rings. The average molecular weight is 431 g/mol. The second-order valence-electron chi connectivity index (χ2n) is 6.52. The third-order valence-corrected chi connectivity index (χ3v) is 5.57. The van der Waals surface area contributed by atoms with Crippen LogP contribution in [0.1, 0.15) is 11.8 Å². The number of benzene rings is 1. The summed E-state index contributed by atoms with van der Waals surface area (Å²) in [6.07, 6.45) is 0. The van der Waals surface area contributed by atoms with Gasteiger partial charge in [-0.1, -0.05) is 18.2 Å². The molecule has 7 nitrogen and oxygen atoms in total. The van der Waals surface area contributed by atoms with Crippen LogP contribution in [-0.2, 0) is 19.1 Å². The minimum atomic E-state index is -0.372. The molecule has 8 heteroatoms. The van der Waals surface area contributed by atoms with E-state index < -0.39 is 0 Å². The van der Waals surface area contributed by atoms with E-state index >= 15 is 0 Å². The Morgan fingerprint density at radius 3 is 2.27 bits per heavy atom. The summed E-state index contributed by atoms with van der Waals surface area (Å²) < 4.78 is 16.1. The van der Waals surface area contributed by atoms with Crippen molar-refractivity contribution in [1.29, 1.82) is 0 Å². The molecule has 0 saturated heterocycles. The minimum absolute atomic E-state index is 0.357. The van der Waals surface area contributed by atoms with Gasteiger partial charge in [0.1, 0.15) is 11.4 Å².